The van der Waals surface area contributed by atoms with E-state index in [0.717, 1.165) is 11.0 Å². The van der Waals surface area contributed by atoms with Crippen molar-refractivity contribution in [2.75, 3.05) is 11.9 Å². The highest BCUT2D eigenvalue weighted by atomic mass is 16.3. The van der Waals surface area contributed by atoms with Crippen LogP contribution in [0.25, 0.3) is 22.1 Å². The molecular weight excluding hydrogens is 434 g/mol. The van der Waals surface area contributed by atoms with Gasteiger partial charge < -0.3 is 20.0 Å². The Morgan fingerprint density at radius 1 is 1.18 bits per heavy atom. The Morgan fingerprint density at radius 3 is 2.85 bits per heavy atom. The van der Waals surface area contributed by atoms with Crippen molar-refractivity contribution in [1.29, 1.82) is 0 Å². The first-order valence-corrected chi connectivity index (χ1v) is 10.7. The van der Waals surface area contributed by atoms with Crippen molar-refractivity contribution in [1.82, 2.24) is 29.5 Å². The highest BCUT2D eigenvalue weighted by molar-refractivity contribution is 6.16. The predicted octanol–water partition coefficient (Wildman–Crippen LogP) is 2.67. The summed E-state index contributed by atoms with van der Waals surface area (Å²) >= 11 is 0. The molecule has 10 heteroatoms. The first-order valence-electron chi connectivity index (χ1n) is 10.7. The second kappa shape index (κ2) is 8.83. The van der Waals surface area contributed by atoms with Crippen LogP contribution in [-0.2, 0) is 11.2 Å². The maximum atomic E-state index is 13.3. The van der Waals surface area contributed by atoms with Crippen molar-refractivity contribution in [2.24, 2.45) is 0 Å². The van der Waals surface area contributed by atoms with Gasteiger partial charge in [0.25, 0.3) is 0 Å². The number of aliphatic hydroxyl groups excluding tert-OH is 1. The number of aliphatic hydroxyl groups is 1. The number of carbonyl (C=O) groups is 2. The first kappa shape index (κ1) is 21.4. The minimum atomic E-state index is -0.287. The molecule has 5 aromatic rings. The highest BCUT2D eigenvalue weighted by Gasteiger charge is 2.20. The van der Waals surface area contributed by atoms with Gasteiger partial charge in [0.15, 0.2) is 5.78 Å². The number of nitrogens with one attached hydrogen (secondary N) is 2. The Hall–Kier alpha value is -4.44. The van der Waals surface area contributed by atoms with E-state index in [0.29, 0.717) is 33.7 Å². The number of para-hydroxylation sites is 2. The summed E-state index contributed by atoms with van der Waals surface area (Å²) in [6, 6.07) is 8.86. The van der Waals surface area contributed by atoms with Gasteiger partial charge in [0.05, 0.1) is 47.6 Å². The average Bonchev–Trinajstić information content (AvgIpc) is 3.44. The van der Waals surface area contributed by atoms with Gasteiger partial charge in [0.2, 0.25) is 5.91 Å². The van der Waals surface area contributed by atoms with Gasteiger partial charge in [-0.15, -0.1) is 0 Å². The van der Waals surface area contributed by atoms with Crippen LogP contribution < -0.4 is 5.32 Å². The number of fused-ring (bicyclic) bond motifs is 2. The minimum absolute atomic E-state index is 0.0523. The van der Waals surface area contributed by atoms with Gasteiger partial charge in [-0.1, -0.05) is 12.1 Å². The monoisotopic (exact) mass is 455 g/mol. The molecule has 4 heterocycles. The summed E-state index contributed by atoms with van der Waals surface area (Å²) in [5.74, 6) is -0.0264. The van der Waals surface area contributed by atoms with Gasteiger partial charge in [0.1, 0.15) is 17.8 Å². The molecule has 0 spiro atoms. The molecule has 0 aliphatic carbocycles. The molecule has 3 N–H and O–H groups in total. The lowest BCUT2D eigenvalue weighted by Gasteiger charge is -2.10. The lowest BCUT2D eigenvalue weighted by atomic mass is 10.1. The average molecular weight is 455 g/mol. The fraction of sp³-hybridized carbons (Fsp3) is 0.167. The standard InChI is InChI=1S/C24H21N7O3/c1-14(12-32)31-11-18(17-10-26-13-27-24(17)31)23(34)15-6-16(9-25-8-15)28-22(33)7-21-29-19-4-2-3-5-20(19)30-21/h2-6,8-11,13-14,32H,7,12H2,1H3,(H,28,33)(H,29,30)/t14-/m0/s1. The van der Waals surface area contributed by atoms with E-state index in [4.69, 9.17) is 0 Å². The number of benzene rings is 1. The lowest BCUT2D eigenvalue weighted by molar-refractivity contribution is -0.115. The van der Waals surface area contributed by atoms with Crippen LogP contribution in [0.4, 0.5) is 5.69 Å². The summed E-state index contributed by atoms with van der Waals surface area (Å²) in [7, 11) is 0. The molecule has 170 valence electrons. The van der Waals surface area contributed by atoms with Crippen LogP contribution in [0.3, 0.4) is 0 Å². The molecule has 34 heavy (non-hydrogen) atoms. The van der Waals surface area contributed by atoms with Crippen LogP contribution in [0.1, 0.15) is 34.7 Å². The molecule has 0 aliphatic heterocycles. The van der Waals surface area contributed by atoms with Crippen molar-refractivity contribution in [3.63, 3.8) is 0 Å². The molecule has 5 rings (SSSR count). The maximum Gasteiger partial charge on any atom is 0.232 e. The van der Waals surface area contributed by atoms with E-state index in [2.05, 4.69) is 30.2 Å². The number of aromatic nitrogens is 6. The normalized spacial score (nSPS) is 12.2. The second-order valence-corrected chi connectivity index (χ2v) is 7.96. The summed E-state index contributed by atoms with van der Waals surface area (Å²) in [4.78, 5) is 45.9. The summed E-state index contributed by atoms with van der Waals surface area (Å²) in [6.07, 6.45) is 7.61. The number of nitrogens with zero attached hydrogens (tertiary/aromatic N) is 5. The molecule has 0 fully saturated rings. The Morgan fingerprint density at radius 2 is 2.03 bits per heavy atom. The number of ketones is 1. The quantitative estimate of drug-likeness (QED) is 0.321. The van der Waals surface area contributed by atoms with Crippen molar-refractivity contribution < 1.29 is 14.7 Å². The van der Waals surface area contributed by atoms with Crippen LogP contribution in [0, 0.1) is 0 Å². The predicted molar refractivity (Wildman–Crippen MR) is 125 cm³/mol. The van der Waals surface area contributed by atoms with E-state index < -0.39 is 0 Å². The third-order valence-electron chi connectivity index (χ3n) is 5.53. The summed E-state index contributed by atoms with van der Waals surface area (Å²) < 4.78 is 1.75. The Labute approximate surface area is 193 Å². The number of hydrogen-bond acceptors (Lipinski definition) is 7. The third kappa shape index (κ3) is 4.02. The van der Waals surface area contributed by atoms with Gasteiger partial charge in [0, 0.05) is 29.5 Å². The van der Waals surface area contributed by atoms with Crippen LogP contribution in [-0.4, -0.2) is 52.9 Å². The molecule has 4 aromatic heterocycles. The molecule has 0 aliphatic rings. The number of pyridine rings is 1. The number of rotatable bonds is 7. The van der Waals surface area contributed by atoms with E-state index >= 15 is 0 Å². The van der Waals surface area contributed by atoms with E-state index in [1.165, 1.54) is 18.7 Å². The van der Waals surface area contributed by atoms with Crippen molar-refractivity contribution in [3.05, 3.63) is 78.4 Å². The van der Waals surface area contributed by atoms with E-state index in [1.807, 2.05) is 31.2 Å². The Balaban J connectivity index is 1.37. The molecule has 1 atom stereocenters. The fourth-order valence-corrected chi connectivity index (χ4v) is 3.83. The minimum Gasteiger partial charge on any atom is -0.394 e. The van der Waals surface area contributed by atoms with Crippen molar-refractivity contribution in [3.8, 4) is 0 Å². The van der Waals surface area contributed by atoms with E-state index in [-0.39, 0.29) is 30.8 Å². The first-order chi connectivity index (χ1) is 16.5. The lowest BCUT2D eigenvalue weighted by Crippen LogP contribution is -2.16. The zero-order valence-corrected chi connectivity index (χ0v) is 18.3. The van der Waals surface area contributed by atoms with Crippen LogP contribution in [0.15, 0.2) is 61.4 Å². The van der Waals surface area contributed by atoms with Gasteiger partial charge in [-0.25, -0.2) is 15.0 Å². The number of carbonyl (C=O) groups excluding carboxylic acids is 2. The molecule has 0 unspecified atom stereocenters. The van der Waals surface area contributed by atoms with Crippen LogP contribution in [0.2, 0.25) is 0 Å². The number of hydrogen-bond donors (Lipinski definition) is 3. The van der Waals surface area contributed by atoms with Crippen LogP contribution in [0.5, 0.6) is 0 Å². The zero-order chi connectivity index (χ0) is 23.7. The van der Waals surface area contributed by atoms with E-state index in [9.17, 15) is 14.7 Å². The van der Waals surface area contributed by atoms with Crippen molar-refractivity contribution in [2.45, 2.75) is 19.4 Å². The largest absolute Gasteiger partial charge is 0.394 e. The smallest absolute Gasteiger partial charge is 0.232 e. The molecule has 0 saturated heterocycles. The summed E-state index contributed by atoms with van der Waals surface area (Å²) in [5.41, 5.74) is 3.31. The molecule has 0 bridgehead atoms. The molecule has 1 amide bonds. The third-order valence-corrected chi connectivity index (χ3v) is 5.53. The van der Waals surface area contributed by atoms with Gasteiger partial charge >= 0.3 is 0 Å². The van der Waals surface area contributed by atoms with E-state index in [1.54, 1.807) is 23.0 Å². The number of imidazole rings is 1. The molecule has 1 aromatic carbocycles. The summed E-state index contributed by atoms with van der Waals surface area (Å²) in [6.45, 7) is 1.73. The topological polar surface area (TPSA) is 139 Å². The molecule has 10 nitrogen and oxygen atoms in total. The highest BCUT2D eigenvalue weighted by Crippen LogP contribution is 2.25. The number of H-pyrrole nitrogens is 1. The molecule has 0 saturated carbocycles. The number of anilines is 1. The Kier molecular flexibility index (Phi) is 5.56. The van der Waals surface area contributed by atoms with Gasteiger partial charge in [-0.2, -0.15) is 0 Å². The number of amides is 1. The maximum absolute atomic E-state index is 13.3. The Bertz CT molecular complexity index is 1490. The van der Waals surface area contributed by atoms with Gasteiger partial charge in [-0.3, -0.25) is 14.6 Å². The fourth-order valence-electron chi connectivity index (χ4n) is 3.83. The SMILES string of the molecule is C[C@@H](CO)n1cc(C(=O)c2cncc(NC(=O)Cc3nc4ccccc4[nH]3)c2)c2cncnc21. The zero-order valence-electron chi connectivity index (χ0n) is 18.3. The van der Waals surface area contributed by atoms with Crippen molar-refractivity contribution >= 4 is 39.4 Å². The second-order valence-electron chi connectivity index (χ2n) is 7.96. The number of aromatic amines is 1. The molecule has 0 radical (unpaired) electrons. The summed E-state index contributed by atoms with van der Waals surface area (Å²) in [5, 5.41) is 12.9. The van der Waals surface area contributed by atoms with Gasteiger partial charge in [-0.05, 0) is 25.1 Å². The molecular formula is C24H21N7O3. The van der Waals surface area contributed by atoms with Crippen LogP contribution >= 0.6 is 0 Å².